The van der Waals surface area contributed by atoms with Gasteiger partial charge in [0.15, 0.2) is 0 Å². The van der Waals surface area contributed by atoms with E-state index in [0.29, 0.717) is 5.88 Å². The highest BCUT2D eigenvalue weighted by molar-refractivity contribution is 5.69. The van der Waals surface area contributed by atoms with E-state index < -0.39 is 0 Å². The van der Waals surface area contributed by atoms with Crippen molar-refractivity contribution >= 4 is 5.69 Å². The molecule has 92 valence electrons. The third kappa shape index (κ3) is 2.04. The number of anilines is 1. The van der Waals surface area contributed by atoms with Crippen molar-refractivity contribution in [3.63, 3.8) is 0 Å². The first-order valence-electron chi connectivity index (χ1n) is 6.24. The molecular weight excluding hydrogens is 224 g/mol. The van der Waals surface area contributed by atoms with Crippen LogP contribution in [0.25, 0.3) is 11.1 Å². The number of rotatable bonds is 2. The third-order valence-corrected chi connectivity index (χ3v) is 3.32. The van der Waals surface area contributed by atoms with Crippen molar-refractivity contribution in [2.75, 3.05) is 19.0 Å². The average Bonchev–Trinajstić information content (AvgIpc) is 2.47. The van der Waals surface area contributed by atoms with Crippen LogP contribution in [0.15, 0.2) is 36.5 Å². The molecule has 0 atom stereocenters. The molecule has 0 saturated carbocycles. The Bertz CT molecular complexity index is 566. The fraction of sp³-hybridized carbons (Fsp3) is 0.267. The molecular formula is C15H16N2O. The molecule has 3 heteroatoms. The summed E-state index contributed by atoms with van der Waals surface area (Å²) in [6.07, 6.45) is 4.14. The summed E-state index contributed by atoms with van der Waals surface area (Å²) in [6.45, 7) is 1.08. The van der Waals surface area contributed by atoms with Crippen molar-refractivity contribution in [3.8, 4) is 17.0 Å². The largest absolute Gasteiger partial charge is 0.481 e. The third-order valence-electron chi connectivity index (χ3n) is 3.32. The number of nitrogens with zero attached hydrogens (tertiary/aromatic N) is 1. The van der Waals surface area contributed by atoms with Crippen molar-refractivity contribution in [1.29, 1.82) is 0 Å². The van der Waals surface area contributed by atoms with Gasteiger partial charge < -0.3 is 10.1 Å². The second-order valence-electron chi connectivity index (χ2n) is 4.49. The van der Waals surface area contributed by atoms with Crippen molar-refractivity contribution < 1.29 is 4.74 Å². The fourth-order valence-electron chi connectivity index (χ4n) is 2.36. The summed E-state index contributed by atoms with van der Waals surface area (Å²) >= 11 is 0. The molecule has 3 nitrogen and oxygen atoms in total. The van der Waals surface area contributed by atoms with E-state index in [4.69, 9.17) is 4.74 Å². The molecule has 0 bridgehead atoms. The van der Waals surface area contributed by atoms with Crippen LogP contribution in [0.3, 0.4) is 0 Å². The molecule has 0 aliphatic carbocycles. The van der Waals surface area contributed by atoms with Crippen molar-refractivity contribution in [2.24, 2.45) is 0 Å². The van der Waals surface area contributed by atoms with Gasteiger partial charge in [-0.1, -0.05) is 6.07 Å². The van der Waals surface area contributed by atoms with Gasteiger partial charge in [0.05, 0.1) is 7.11 Å². The van der Waals surface area contributed by atoms with Crippen LogP contribution in [-0.2, 0) is 6.42 Å². The first-order chi connectivity index (χ1) is 8.86. The van der Waals surface area contributed by atoms with Crippen LogP contribution in [0.2, 0.25) is 0 Å². The van der Waals surface area contributed by atoms with Crippen LogP contribution in [0, 0.1) is 0 Å². The number of aryl methyl sites for hydroxylation is 1. The molecule has 1 aromatic heterocycles. The van der Waals surface area contributed by atoms with Crippen LogP contribution < -0.4 is 10.1 Å². The van der Waals surface area contributed by atoms with E-state index in [2.05, 4.69) is 28.5 Å². The Morgan fingerprint density at radius 3 is 2.94 bits per heavy atom. The summed E-state index contributed by atoms with van der Waals surface area (Å²) in [5.74, 6) is 0.656. The molecule has 2 heterocycles. The van der Waals surface area contributed by atoms with Crippen LogP contribution in [0.5, 0.6) is 5.88 Å². The summed E-state index contributed by atoms with van der Waals surface area (Å²) in [6, 6.07) is 10.6. The van der Waals surface area contributed by atoms with Gasteiger partial charge in [0, 0.05) is 24.5 Å². The number of ether oxygens (including phenoxy) is 1. The number of nitrogens with one attached hydrogen (secondary N) is 1. The van der Waals surface area contributed by atoms with Crippen molar-refractivity contribution in [3.05, 3.63) is 42.1 Å². The highest BCUT2D eigenvalue weighted by Crippen LogP contribution is 2.29. The number of hydrogen-bond donors (Lipinski definition) is 1. The number of hydrogen-bond acceptors (Lipinski definition) is 3. The van der Waals surface area contributed by atoms with Gasteiger partial charge in [-0.25, -0.2) is 4.98 Å². The van der Waals surface area contributed by atoms with E-state index in [9.17, 15) is 0 Å². The molecule has 1 aliphatic heterocycles. The normalized spacial score (nSPS) is 13.6. The van der Waals surface area contributed by atoms with Gasteiger partial charge in [-0.3, -0.25) is 0 Å². The Morgan fingerprint density at radius 2 is 2.06 bits per heavy atom. The van der Waals surface area contributed by atoms with Crippen LogP contribution in [0.1, 0.15) is 12.0 Å². The van der Waals surface area contributed by atoms with E-state index in [-0.39, 0.29) is 0 Å². The standard InChI is InChI=1S/C15H16N2O/c1-18-15-10-12(6-8-17-15)11-4-5-14-13(9-11)3-2-7-16-14/h4-6,8-10,16H,2-3,7H2,1H3. The molecule has 0 saturated heterocycles. The van der Waals surface area contributed by atoms with Gasteiger partial charge in [-0.15, -0.1) is 0 Å². The van der Waals surface area contributed by atoms with Gasteiger partial charge in [0.1, 0.15) is 0 Å². The Hall–Kier alpha value is -2.03. The molecule has 0 unspecified atom stereocenters. The lowest BCUT2D eigenvalue weighted by atomic mass is 9.98. The van der Waals surface area contributed by atoms with Crippen molar-refractivity contribution in [2.45, 2.75) is 12.8 Å². The van der Waals surface area contributed by atoms with Gasteiger partial charge >= 0.3 is 0 Å². The monoisotopic (exact) mass is 240 g/mol. The molecule has 1 aliphatic rings. The van der Waals surface area contributed by atoms with E-state index >= 15 is 0 Å². The average molecular weight is 240 g/mol. The molecule has 18 heavy (non-hydrogen) atoms. The second-order valence-corrected chi connectivity index (χ2v) is 4.49. The van der Waals surface area contributed by atoms with Crippen LogP contribution in [-0.4, -0.2) is 18.6 Å². The lowest BCUT2D eigenvalue weighted by molar-refractivity contribution is 0.398. The highest BCUT2D eigenvalue weighted by atomic mass is 16.5. The minimum absolute atomic E-state index is 0.656. The molecule has 1 N–H and O–H groups in total. The number of fused-ring (bicyclic) bond motifs is 1. The second kappa shape index (κ2) is 4.69. The Balaban J connectivity index is 2.00. The predicted molar refractivity (Wildman–Crippen MR) is 73.0 cm³/mol. The summed E-state index contributed by atoms with van der Waals surface area (Å²) < 4.78 is 5.17. The first-order valence-corrected chi connectivity index (χ1v) is 6.24. The van der Waals surface area contributed by atoms with Crippen LogP contribution in [0.4, 0.5) is 5.69 Å². The molecule has 0 amide bonds. The predicted octanol–water partition coefficient (Wildman–Crippen LogP) is 3.12. The van der Waals surface area contributed by atoms with Crippen molar-refractivity contribution in [1.82, 2.24) is 4.98 Å². The smallest absolute Gasteiger partial charge is 0.213 e. The van der Waals surface area contributed by atoms with E-state index in [1.54, 1.807) is 13.3 Å². The number of pyridine rings is 1. The summed E-state index contributed by atoms with van der Waals surface area (Å²) in [5.41, 5.74) is 5.04. The number of aromatic nitrogens is 1. The number of benzene rings is 1. The molecule has 0 fully saturated rings. The van der Waals surface area contributed by atoms with E-state index in [1.807, 2.05) is 12.1 Å². The zero-order valence-electron chi connectivity index (χ0n) is 10.4. The molecule has 3 rings (SSSR count). The quantitative estimate of drug-likeness (QED) is 0.875. The zero-order valence-corrected chi connectivity index (χ0v) is 10.4. The Labute approximate surface area is 107 Å². The SMILES string of the molecule is COc1cc(-c2ccc3c(c2)CCCN3)ccn1. The Kier molecular flexibility index (Phi) is 2.89. The maximum atomic E-state index is 5.17. The lowest BCUT2D eigenvalue weighted by Crippen LogP contribution is -2.11. The van der Waals surface area contributed by atoms with Gasteiger partial charge in [-0.05, 0) is 47.7 Å². The fourth-order valence-corrected chi connectivity index (χ4v) is 2.36. The molecule has 0 spiro atoms. The van der Waals surface area contributed by atoms with Gasteiger partial charge in [0.2, 0.25) is 5.88 Å². The minimum Gasteiger partial charge on any atom is -0.481 e. The van der Waals surface area contributed by atoms with E-state index in [1.165, 1.54) is 23.2 Å². The van der Waals surface area contributed by atoms with Gasteiger partial charge in [0.25, 0.3) is 0 Å². The van der Waals surface area contributed by atoms with E-state index in [0.717, 1.165) is 18.5 Å². The molecule has 0 radical (unpaired) electrons. The minimum atomic E-state index is 0.656. The first kappa shape index (κ1) is 11.1. The molecule has 2 aromatic rings. The summed E-state index contributed by atoms with van der Waals surface area (Å²) in [5, 5.41) is 3.43. The summed E-state index contributed by atoms with van der Waals surface area (Å²) in [7, 11) is 1.64. The lowest BCUT2D eigenvalue weighted by Gasteiger charge is -2.18. The topological polar surface area (TPSA) is 34.1 Å². The van der Waals surface area contributed by atoms with Crippen LogP contribution >= 0.6 is 0 Å². The molecule has 1 aromatic carbocycles. The maximum absolute atomic E-state index is 5.17. The summed E-state index contributed by atoms with van der Waals surface area (Å²) in [4.78, 5) is 4.14. The maximum Gasteiger partial charge on any atom is 0.213 e. The van der Waals surface area contributed by atoms with Gasteiger partial charge in [-0.2, -0.15) is 0 Å². The Morgan fingerprint density at radius 1 is 1.17 bits per heavy atom. The number of methoxy groups -OCH3 is 1. The highest BCUT2D eigenvalue weighted by Gasteiger charge is 2.09. The zero-order chi connectivity index (χ0) is 12.4.